The Balaban J connectivity index is 1.61. The number of nitrogens with zero attached hydrogens (tertiary/aromatic N) is 4. The van der Waals surface area contributed by atoms with Gasteiger partial charge in [0.1, 0.15) is 0 Å². The standard InChI is InChI=1S/C16H17N5O2/c17-13-5-7-20-14(13)10-21(16(20)23)12-3-1-11(2-4-12)19-8-6-18-9-15(19)22/h1-4,6,8-9,13-14H,5,7,10,17H2/t13-,14-/m1/s1. The number of hydrogen-bond donors (Lipinski definition) is 1. The number of rotatable bonds is 2. The summed E-state index contributed by atoms with van der Waals surface area (Å²) in [7, 11) is 0. The average Bonchev–Trinajstić information content (AvgIpc) is 3.09. The molecule has 2 N–H and O–H groups in total. The third-order valence-corrected chi connectivity index (χ3v) is 4.61. The highest BCUT2D eigenvalue weighted by molar-refractivity contribution is 5.95. The van der Waals surface area contributed by atoms with Crippen molar-refractivity contribution in [2.24, 2.45) is 5.73 Å². The maximum Gasteiger partial charge on any atom is 0.324 e. The Morgan fingerprint density at radius 2 is 1.87 bits per heavy atom. The van der Waals surface area contributed by atoms with Crippen LogP contribution in [0.25, 0.3) is 5.69 Å². The molecule has 1 aromatic carbocycles. The number of amides is 2. The van der Waals surface area contributed by atoms with Crippen LogP contribution in [0, 0.1) is 0 Å². The van der Waals surface area contributed by atoms with Gasteiger partial charge in [0, 0.05) is 42.9 Å². The fourth-order valence-electron chi connectivity index (χ4n) is 3.34. The summed E-state index contributed by atoms with van der Waals surface area (Å²) in [5.74, 6) is 0. The molecular formula is C16H17N5O2. The predicted molar refractivity (Wildman–Crippen MR) is 85.7 cm³/mol. The van der Waals surface area contributed by atoms with E-state index in [-0.39, 0.29) is 23.7 Å². The molecule has 2 fully saturated rings. The average molecular weight is 311 g/mol. The first-order chi connectivity index (χ1) is 11.1. The molecule has 118 valence electrons. The molecule has 0 saturated carbocycles. The molecule has 3 heterocycles. The van der Waals surface area contributed by atoms with E-state index in [1.165, 1.54) is 10.8 Å². The van der Waals surface area contributed by atoms with Crippen molar-refractivity contribution in [3.63, 3.8) is 0 Å². The summed E-state index contributed by atoms with van der Waals surface area (Å²) in [6, 6.07) is 7.53. The maximum absolute atomic E-state index is 12.5. The first kappa shape index (κ1) is 14.0. The second-order valence-electron chi connectivity index (χ2n) is 5.91. The van der Waals surface area contributed by atoms with Crippen molar-refractivity contribution in [3.8, 4) is 5.69 Å². The molecule has 4 rings (SSSR count). The SMILES string of the molecule is N[C@@H]1CCN2C(=O)N(c3ccc(-n4ccncc4=O)cc3)C[C@H]12. The normalized spacial score (nSPS) is 23.4. The second kappa shape index (κ2) is 5.20. The van der Waals surface area contributed by atoms with Gasteiger partial charge < -0.3 is 10.6 Å². The molecule has 2 saturated heterocycles. The zero-order valence-corrected chi connectivity index (χ0v) is 12.5. The Kier molecular flexibility index (Phi) is 3.16. The molecule has 7 heteroatoms. The smallest absolute Gasteiger partial charge is 0.324 e. The van der Waals surface area contributed by atoms with Gasteiger partial charge in [-0.2, -0.15) is 0 Å². The number of hydrogen-bond acceptors (Lipinski definition) is 4. The molecular weight excluding hydrogens is 294 g/mol. The van der Waals surface area contributed by atoms with Gasteiger partial charge >= 0.3 is 6.03 Å². The molecule has 0 radical (unpaired) electrons. The summed E-state index contributed by atoms with van der Waals surface area (Å²) in [6.07, 6.45) is 5.32. The van der Waals surface area contributed by atoms with Gasteiger partial charge in [-0.25, -0.2) is 4.79 Å². The van der Waals surface area contributed by atoms with Gasteiger partial charge in [-0.3, -0.25) is 19.2 Å². The van der Waals surface area contributed by atoms with Crippen LogP contribution in [0.4, 0.5) is 10.5 Å². The minimum absolute atomic E-state index is 0.0109. The summed E-state index contributed by atoms with van der Waals surface area (Å²) in [6.45, 7) is 1.35. The Morgan fingerprint density at radius 3 is 2.57 bits per heavy atom. The molecule has 1 aromatic heterocycles. The molecule has 0 aliphatic carbocycles. The van der Waals surface area contributed by atoms with E-state index in [0.29, 0.717) is 6.54 Å². The lowest BCUT2D eigenvalue weighted by Crippen LogP contribution is -2.37. The molecule has 0 spiro atoms. The van der Waals surface area contributed by atoms with Gasteiger partial charge in [0.2, 0.25) is 0 Å². The minimum atomic E-state index is -0.191. The third-order valence-electron chi connectivity index (χ3n) is 4.61. The topological polar surface area (TPSA) is 84.5 Å². The predicted octanol–water partition coefficient (Wildman–Crippen LogP) is 0.574. The van der Waals surface area contributed by atoms with Crippen LogP contribution in [0.3, 0.4) is 0 Å². The fourth-order valence-corrected chi connectivity index (χ4v) is 3.34. The van der Waals surface area contributed by atoms with E-state index >= 15 is 0 Å². The first-order valence-corrected chi connectivity index (χ1v) is 7.62. The largest absolute Gasteiger partial charge is 0.326 e. The van der Waals surface area contributed by atoms with Crippen molar-refractivity contribution in [2.45, 2.75) is 18.5 Å². The highest BCUT2D eigenvalue weighted by Crippen LogP contribution is 2.30. The van der Waals surface area contributed by atoms with E-state index in [0.717, 1.165) is 24.3 Å². The molecule has 2 aliphatic heterocycles. The Hall–Kier alpha value is -2.67. The van der Waals surface area contributed by atoms with Crippen LogP contribution in [0.2, 0.25) is 0 Å². The van der Waals surface area contributed by atoms with Crippen LogP contribution in [-0.2, 0) is 0 Å². The maximum atomic E-state index is 12.5. The molecule has 0 unspecified atom stereocenters. The van der Waals surface area contributed by atoms with Crippen molar-refractivity contribution in [3.05, 3.63) is 53.2 Å². The summed E-state index contributed by atoms with van der Waals surface area (Å²) >= 11 is 0. The summed E-state index contributed by atoms with van der Waals surface area (Å²) in [4.78, 5) is 31.7. The lowest BCUT2D eigenvalue weighted by molar-refractivity contribution is 0.218. The van der Waals surface area contributed by atoms with Crippen LogP contribution in [-0.4, -0.2) is 45.7 Å². The molecule has 2 atom stereocenters. The number of benzene rings is 1. The van der Waals surface area contributed by atoms with Crippen LogP contribution in [0.5, 0.6) is 0 Å². The minimum Gasteiger partial charge on any atom is -0.326 e. The van der Waals surface area contributed by atoms with Crippen LogP contribution in [0.15, 0.2) is 47.7 Å². The van der Waals surface area contributed by atoms with Gasteiger partial charge in [-0.1, -0.05) is 0 Å². The molecule has 2 aromatic rings. The zero-order chi connectivity index (χ0) is 16.0. The van der Waals surface area contributed by atoms with E-state index in [1.807, 2.05) is 29.2 Å². The summed E-state index contributed by atoms with van der Waals surface area (Å²) < 4.78 is 1.51. The van der Waals surface area contributed by atoms with Crippen molar-refractivity contribution in [1.29, 1.82) is 0 Å². The van der Waals surface area contributed by atoms with E-state index < -0.39 is 0 Å². The summed E-state index contributed by atoms with van der Waals surface area (Å²) in [5.41, 5.74) is 7.45. The number of fused-ring (bicyclic) bond motifs is 1. The molecule has 23 heavy (non-hydrogen) atoms. The Bertz CT molecular complexity index is 801. The fraction of sp³-hybridized carbons (Fsp3) is 0.312. The van der Waals surface area contributed by atoms with Crippen molar-refractivity contribution in [1.82, 2.24) is 14.5 Å². The highest BCUT2D eigenvalue weighted by Gasteiger charge is 2.44. The van der Waals surface area contributed by atoms with Gasteiger partial charge in [0.25, 0.3) is 5.56 Å². The summed E-state index contributed by atoms with van der Waals surface area (Å²) in [5, 5.41) is 0. The number of aromatic nitrogens is 2. The van der Waals surface area contributed by atoms with Gasteiger partial charge in [0.05, 0.1) is 12.2 Å². The number of carbonyl (C=O) groups excluding carboxylic acids is 1. The van der Waals surface area contributed by atoms with Gasteiger partial charge in [0.15, 0.2) is 0 Å². The van der Waals surface area contributed by atoms with E-state index in [1.54, 1.807) is 17.3 Å². The van der Waals surface area contributed by atoms with Crippen LogP contribution in [0.1, 0.15) is 6.42 Å². The van der Waals surface area contributed by atoms with Crippen LogP contribution < -0.4 is 16.2 Å². The van der Waals surface area contributed by atoms with E-state index in [9.17, 15) is 9.59 Å². The monoisotopic (exact) mass is 311 g/mol. The van der Waals surface area contributed by atoms with Gasteiger partial charge in [-0.15, -0.1) is 0 Å². The molecule has 7 nitrogen and oxygen atoms in total. The number of urea groups is 1. The van der Waals surface area contributed by atoms with Crippen molar-refractivity contribution >= 4 is 11.7 Å². The Labute approximate surface area is 132 Å². The molecule has 2 aliphatic rings. The molecule has 0 bridgehead atoms. The number of carbonyl (C=O) groups is 1. The van der Waals surface area contributed by atoms with E-state index in [4.69, 9.17) is 5.73 Å². The quantitative estimate of drug-likeness (QED) is 0.879. The molecule has 2 amide bonds. The lowest BCUT2D eigenvalue weighted by Gasteiger charge is -2.18. The van der Waals surface area contributed by atoms with E-state index in [2.05, 4.69) is 4.98 Å². The highest BCUT2D eigenvalue weighted by atomic mass is 16.2. The first-order valence-electron chi connectivity index (χ1n) is 7.62. The van der Waals surface area contributed by atoms with Crippen molar-refractivity contribution in [2.75, 3.05) is 18.0 Å². The lowest BCUT2D eigenvalue weighted by atomic mass is 10.1. The zero-order valence-electron chi connectivity index (χ0n) is 12.5. The number of anilines is 1. The second-order valence-corrected chi connectivity index (χ2v) is 5.91. The van der Waals surface area contributed by atoms with Crippen LogP contribution >= 0.6 is 0 Å². The van der Waals surface area contributed by atoms with Gasteiger partial charge in [-0.05, 0) is 30.7 Å². The number of nitrogens with two attached hydrogens (primary N) is 1. The van der Waals surface area contributed by atoms with Crippen molar-refractivity contribution < 1.29 is 4.79 Å². The Morgan fingerprint density at radius 1 is 1.13 bits per heavy atom. The third kappa shape index (κ3) is 2.20.